The molecule has 37 nitrogen and oxygen atoms in total. The number of unbranched alkanes of at least 4 members (excludes halogenated alkanes) is 2. The lowest BCUT2D eigenvalue weighted by atomic mass is 10.0. The van der Waals surface area contributed by atoms with Gasteiger partial charge in [0.25, 0.3) is 0 Å². The van der Waals surface area contributed by atoms with Crippen LogP contribution in [0.1, 0.15) is 96.1 Å². The molecule has 12 amide bonds. The number of rotatable bonds is 48. The molecule has 98 heavy (non-hydrogen) atoms. The second-order valence-corrected chi connectivity index (χ2v) is 23.2. The number of carbonyl (C=O) groups excluding carboxylic acids is 12. The van der Waals surface area contributed by atoms with Crippen molar-refractivity contribution in [2.45, 2.75) is 164 Å². The summed E-state index contributed by atoms with van der Waals surface area (Å²) >= 11 is 0. The van der Waals surface area contributed by atoms with Crippen LogP contribution in [0.2, 0.25) is 0 Å². The van der Waals surface area contributed by atoms with Crippen LogP contribution in [0.5, 0.6) is 5.75 Å². The molecule has 0 aromatic heterocycles. The summed E-state index contributed by atoms with van der Waals surface area (Å²) < 4.78 is 0. The fourth-order valence-corrected chi connectivity index (χ4v) is 9.29. The molecule has 2 aromatic rings. The normalized spacial score (nSPS) is 14.3. The molecule has 0 saturated carbocycles. The van der Waals surface area contributed by atoms with Gasteiger partial charge < -0.3 is 125 Å². The zero-order valence-corrected chi connectivity index (χ0v) is 55.7. The number of nitrogens with one attached hydrogen (secondary N) is 12. The highest BCUT2D eigenvalue weighted by molar-refractivity contribution is 5.99. The Bertz CT molecular complexity index is 2960. The smallest absolute Gasteiger partial charge is 0.245 e. The summed E-state index contributed by atoms with van der Waals surface area (Å²) in [6.45, 7) is 1.94. The highest BCUT2D eigenvalue weighted by atomic mass is 16.3. The van der Waals surface area contributed by atoms with Crippen LogP contribution in [0.3, 0.4) is 0 Å². The third kappa shape index (κ3) is 34.7. The summed E-state index contributed by atoms with van der Waals surface area (Å²) in [6.07, 6.45) is 0.576. The summed E-state index contributed by atoms with van der Waals surface area (Å²) in [6, 6.07) is 1.75. The SMILES string of the molecule is C[C@H](NC(=O)CNC(=O)[C@@H](NC(=O)[C@H](Cc1ccccc1)NC(=O)CNC(=O)CNC[C@@H](N)Cc1ccc(O)cc1)[C@@H](C)O)C(=O)N[C@@H](CCCN=C(N)N)C(=O)N[C@@H](CCCCN)C(=O)N[C@@H](CO)C(=O)N[C@@H](C)C(=O)N[C@@H](CCCN=C(N)N)C(=O)N[C@@H](CCCCN)C(N)=O. The zero-order valence-electron chi connectivity index (χ0n) is 55.7. The Kier molecular flexibility index (Phi) is 39.9. The van der Waals surface area contributed by atoms with Crippen LogP contribution in [0, 0.1) is 0 Å². The van der Waals surface area contributed by atoms with E-state index in [0.717, 1.165) is 5.56 Å². The number of nitrogens with two attached hydrogens (primary N) is 8. The van der Waals surface area contributed by atoms with E-state index in [1.807, 2.05) is 0 Å². The zero-order chi connectivity index (χ0) is 73.3. The number of benzene rings is 2. The lowest BCUT2D eigenvalue weighted by Gasteiger charge is -2.26. The summed E-state index contributed by atoms with van der Waals surface area (Å²) in [5.74, 6) is -11.0. The first-order valence-electron chi connectivity index (χ1n) is 32.1. The number of hydrogen-bond donors (Lipinski definition) is 23. The molecule has 0 heterocycles. The van der Waals surface area contributed by atoms with Crippen molar-refractivity contribution < 1.29 is 72.9 Å². The molecule has 0 spiro atoms. The molecule has 31 N–H and O–H groups in total. The van der Waals surface area contributed by atoms with Crippen molar-refractivity contribution in [1.29, 1.82) is 0 Å². The number of aliphatic imine (C=N–C) groups is 2. The predicted octanol–water partition coefficient (Wildman–Crippen LogP) is -9.05. The van der Waals surface area contributed by atoms with Crippen LogP contribution in [0.25, 0.3) is 0 Å². The minimum Gasteiger partial charge on any atom is -0.508 e. The number of hydrogen-bond acceptors (Lipinski definition) is 21. The van der Waals surface area contributed by atoms with Crippen molar-refractivity contribution in [3.05, 3.63) is 65.7 Å². The molecule has 0 bridgehead atoms. The van der Waals surface area contributed by atoms with E-state index in [2.05, 4.69) is 73.8 Å². The van der Waals surface area contributed by atoms with Crippen LogP contribution in [0.4, 0.5) is 0 Å². The highest BCUT2D eigenvalue weighted by Gasteiger charge is 2.34. The molecule has 0 aliphatic heterocycles. The van der Waals surface area contributed by atoms with E-state index in [1.165, 1.54) is 32.9 Å². The standard InChI is InChI=1S/C61H102N22O15/c1-34(75-48(88)32-74-59(98)50(36(3)85)83-57(96)45(28-37-13-5-4-6-14-37)77-49(89)31-73-47(87)30-70-29-39(64)27-38-19-21-40(86)22-20-38)52(91)79-44(18-12-26-72-61(68)69)55(94)81-42(16-8-10-24-63)56(95)82-46(33-84)58(97)76-35(2)53(92)80-43(17-11-25-71-60(66)67)54(93)78-41(51(65)90)15-7-9-23-62/h4-6,13-14,19-22,34-36,39,41-46,50,70,84-86H,7-12,15-18,23-33,62-64H2,1-3H3,(H2,65,90)(H,73,87)(H,74,98)(H,75,88)(H,76,97)(H,77,89)(H,78,93)(H,79,91)(H,80,92)(H,81,94)(H,82,95)(H,83,96)(H4,66,67,71)(H4,68,69,72)/t34-,35-,36+,39-,41-,42-,43-,44-,45-,46-,50-/m0/s1. The van der Waals surface area contributed by atoms with E-state index < -0.39 is 151 Å². The van der Waals surface area contributed by atoms with Gasteiger partial charge in [0.1, 0.15) is 60.1 Å². The second-order valence-electron chi connectivity index (χ2n) is 23.2. The van der Waals surface area contributed by atoms with Crippen LogP contribution in [-0.4, -0.2) is 224 Å². The van der Waals surface area contributed by atoms with Gasteiger partial charge in [-0.2, -0.15) is 0 Å². The van der Waals surface area contributed by atoms with Gasteiger partial charge in [-0.3, -0.25) is 67.5 Å². The Labute approximate surface area is 568 Å². The molecule has 2 rings (SSSR count). The fourth-order valence-electron chi connectivity index (χ4n) is 9.29. The van der Waals surface area contributed by atoms with E-state index in [-0.39, 0.29) is 108 Å². The van der Waals surface area contributed by atoms with E-state index >= 15 is 0 Å². The maximum absolute atomic E-state index is 14.1. The van der Waals surface area contributed by atoms with Gasteiger partial charge >= 0.3 is 0 Å². The molecule has 0 aliphatic rings. The van der Waals surface area contributed by atoms with Crippen LogP contribution < -0.4 is 110 Å². The predicted molar refractivity (Wildman–Crippen MR) is 361 cm³/mol. The largest absolute Gasteiger partial charge is 0.508 e. The molecule has 0 radical (unpaired) electrons. The van der Waals surface area contributed by atoms with Gasteiger partial charge in [0, 0.05) is 32.1 Å². The maximum Gasteiger partial charge on any atom is 0.245 e. The molecular formula is C61H102N22O15. The Hall–Kier alpha value is -9.82. The number of carbonyl (C=O) groups is 12. The maximum atomic E-state index is 14.1. The van der Waals surface area contributed by atoms with Crippen LogP contribution >= 0.6 is 0 Å². The first-order chi connectivity index (χ1) is 46.5. The van der Waals surface area contributed by atoms with Crippen molar-refractivity contribution in [1.82, 2.24) is 63.8 Å². The molecule has 546 valence electrons. The number of amides is 12. The van der Waals surface area contributed by atoms with E-state index in [1.54, 1.807) is 42.5 Å². The number of guanidine groups is 2. The first-order valence-corrected chi connectivity index (χ1v) is 32.1. The lowest BCUT2D eigenvalue weighted by molar-refractivity contribution is -0.136. The molecule has 0 aliphatic carbocycles. The van der Waals surface area contributed by atoms with Gasteiger partial charge in [-0.1, -0.05) is 42.5 Å². The molecule has 11 atom stereocenters. The Morgan fingerprint density at radius 2 is 0.888 bits per heavy atom. The minimum atomic E-state index is -1.72. The Morgan fingerprint density at radius 1 is 0.449 bits per heavy atom. The van der Waals surface area contributed by atoms with Gasteiger partial charge in [-0.05, 0) is 128 Å². The number of nitrogens with zero attached hydrogens (tertiary/aromatic N) is 2. The summed E-state index contributed by atoms with van der Waals surface area (Å²) in [5.41, 5.74) is 46.3. The van der Waals surface area contributed by atoms with E-state index in [0.29, 0.717) is 37.8 Å². The molecule has 0 fully saturated rings. The minimum absolute atomic E-state index is 0.0202. The van der Waals surface area contributed by atoms with E-state index in [9.17, 15) is 72.9 Å². The Morgan fingerprint density at radius 3 is 1.39 bits per heavy atom. The number of primary amides is 1. The second kappa shape index (κ2) is 46.4. The molecule has 37 heteroatoms. The van der Waals surface area contributed by atoms with Crippen molar-refractivity contribution in [3.8, 4) is 5.75 Å². The third-order valence-electron chi connectivity index (χ3n) is 14.7. The van der Waals surface area contributed by atoms with Gasteiger partial charge in [-0.15, -0.1) is 0 Å². The average Bonchev–Trinajstić information content (AvgIpc) is 0.881. The Balaban J connectivity index is 2.16. The summed E-state index contributed by atoms with van der Waals surface area (Å²) in [4.78, 5) is 169. The topological polar surface area (TPSA) is 643 Å². The molecule has 2 aromatic carbocycles. The quantitative estimate of drug-likeness (QED) is 0.0166. The van der Waals surface area contributed by atoms with Gasteiger partial charge in [0.05, 0.1) is 32.3 Å². The summed E-state index contributed by atoms with van der Waals surface area (Å²) in [5, 5.41) is 60.3. The number of phenolic OH excluding ortho intramolecular Hbond substituents is 1. The molecule has 0 unspecified atom stereocenters. The molecular weight excluding hydrogens is 1280 g/mol. The van der Waals surface area contributed by atoms with Crippen LogP contribution in [-0.2, 0) is 70.4 Å². The first kappa shape index (κ1) is 84.3. The van der Waals surface area contributed by atoms with Crippen molar-refractivity contribution in [2.75, 3.05) is 59.0 Å². The van der Waals surface area contributed by atoms with Crippen molar-refractivity contribution in [2.24, 2.45) is 55.9 Å². The number of aromatic hydroxyl groups is 1. The van der Waals surface area contributed by atoms with Crippen molar-refractivity contribution >= 4 is 82.8 Å². The van der Waals surface area contributed by atoms with Gasteiger partial charge in [-0.25, -0.2) is 0 Å². The van der Waals surface area contributed by atoms with Gasteiger partial charge in [0.2, 0.25) is 70.9 Å². The monoisotopic (exact) mass is 1380 g/mol. The van der Waals surface area contributed by atoms with Gasteiger partial charge in [0.15, 0.2) is 11.9 Å². The lowest BCUT2D eigenvalue weighted by Crippen LogP contribution is -2.60. The number of aliphatic hydroxyl groups excluding tert-OH is 2. The van der Waals surface area contributed by atoms with E-state index in [4.69, 9.17) is 45.9 Å². The summed E-state index contributed by atoms with van der Waals surface area (Å²) in [7, 11) is 0. The van der Waals surface area contributed by atoms with Crippen molar-refractivity contribution in [3.63, 3.8) is 0 Å². The van der Waals surface area contributed by atoms with Crippen LogP contribution in [0.15, 0.2) is 64.6 Å². The number of phenols is 1. The fraction of sp³-hybridized carbons (Fsp3) is 0.574. The highest BCUT2D eigenvalue weighted by Crippen LogP contribution is 2.12. The number of aliphatic hydroxyl groups is 2. The average molecular weight is 1380 g/mol. The molecule has 0 saturated heterocycles. The third-order valence-corrected chi connectivity index (χ3v) is 14.7.